The molecule has 0 bridgehead atoms. The van der Waals surface area contributed by atoms with Crippen molar-refractivity contribution in [2.24, 2.45) is 0 Å². The normalized spacial score (nSPS) is 10.4. The lowest BCUT2D eigenvalue weighted by Crippen LogP contribution is -3.00. The van der Waals surface area contributed by atoms with Gasteiger partial charge in [-0.15, -0.1) is 0 Å². The first-order chi connectivity index (χ1) is 19.9. The Balaban J connectivity index is 0.00000253. The Hall–Kier alpha value is -3.65. The van der Waals surface area contributed by atoms with Gasteiger partial charge in [-0.2, -0.15) is 4.57 Å². The van der Waals surface area contributed by atoms with E-state index in [2.05, 4.69) is 57.3 Å². The summed E-state index contributed by atoms with van der Waals surface area (Å²) >= 11 is 0. The Morgan fingerprint density at radius 3 is 2.05 bits per heavy atom. The Morgan fingerprint density at radius 2 is 1.37 bits per heavy atom. The number of benzene rings is 3. The van der Waals surface area contributed by atoms with E-state index in [9.17, 15) is 4.79 Å². The predicted molar refractivity (Wildman–Crippen MR) is 168 cm³/mol. The number of fused-ring (bicyclic) bond motifs is 1. The number of rotatable bonds is 10. The molecule has 224 valence electrons. The van der Waals surface area contributed by atoms with Gasteiger partial charge in [0.2, 0.25) is 5.52 Å². The third-order valence-electron chi connectivity index (χ3n) is 6.89. The molecule has 1 amide bonds. The molecular formula is C33H37I2N7O. The SMILES string of the molecule is CCC[n+]1ccc(Nc2ccc(NC(=O)c3ccc(Nc4cc[n+](CCC)c5ccc(N)cc45)cc3)c(N)c2)cc1.[I-].[I-]. The summed E-state index contributed by atoms with van der Waals surface area (Å²) in [7, 11) is 0. The van der Waals surface area contributed by atoms with Crippen molar-refractivity contribution >= 4 is 56.6 Å². The fourth-order valence-corrected chi connectivity index (χ4v) is 4.82. The summed E-state index contributed by atoms with van der Waals surface area (Å²) in [5.41, 5.74) is 19.4. The van der Waals surface area contributed by atoms with Gasteiger partial charge in [-0.25, -0.2) is 4.57 Å². The Kier molecular flexibility index (Phi) is 12.4. The zero-order valence-corrected chi connectivity index (χ0v) is 28.6. The fourth-order valence-electron chi connectivity index (χ4n) is 4.82. The zero-order valence-electron chi connectivity index (χ0n) is 24.3. The van der Waals surface area contributed by atoms with Gasteiger partial charge in [0.15, 0.2) is 18.6 Å². The number of nitrogens with one attached hydrogen (secondary N) is 3. The van der Waals surface area contributed by atoms with E-state index >= 15 is 0 Å². The quantitative estimate of drug-likeness (QED) is 0.0786. The summed E-state index contributed by atoms with van der Waals surface area (Å²) in [5, 5.41) is 10.8. The van der Waals surface area contributed by atoms with Crippen molar-refractivity contribution < 1.29 is 61.9 Å². The van der Waals surface area contributed by atoms with Crippen LogP contribution in [0.4, 0.5) is 39.8 Å². The number of hydrogen-bond donors (Lipinski definition) is 5. The molecule has 0 unspecified atom stereocenters. The highest BCUT2D eigenvalue weighted by molar-refractivity contribution is 6.06. The van der Waals surface area contributed by atoms with Crippen molar-refractivity contribution in [3.63, 3.8) is 0 Å². The number of nitrogens with two attached hydrogens (primary N) is 2. The molecule has 8 nitrogen and oxygen atoms in total. The number of anilines is 7. The maximum absolute atomic E-state index is 13.0. The number of nitrogen functional groups attached to an aromatic ring is 2. The van der Waals surface area contributed by atoms with Gasteiger partial charge >= 0.3 is 0 Å². The minimum atomic E-state index is -0.231. The zero-order chi connectivity index (χ0) is 28.8. The van der Waals surface area contributed by atoms with Crippen LogP contribution in [-0.2, 0) is 13.1 Å². The van der Waals surface area contributed by atoms with E-state index in [1.807, 2.05) is 67.0 Å². The third-order valence-corrected chi connectivity index (χ3v) is 6.89. The van der Waals surface area contributed by atoms with E-state index < -0.39 is 0 Å². The molecule has 0 spiro atoms. The second-order valence-corrected chi connectivity index (χ2v) is 10.1. The van der Waals surface area contributed by atoms with Gasteiger partial charge in [0, 0.05) is 59.7 Å². The smallest absolute Gasteiger partial charge is 0.255 e. The Labute approximate surface area is 286 Å². The number of nitrogens with zero attached hydrogens (tertiary/aromatic N) is 2. The van der Waals surface area contributed by atoms with Crippen molar-refractivity contribution in [2.45, 2.75) is 39.8 Å². The molecule has 0 aliphatic carbocycles. The second-order valence-electron chi connectivity index (χ2n) is 10.1. The molecule has 0 aliphatic heterocycles. The minimum absolute atomic E-state index is 0. The number of halogens is 2. The Morgan fingerprint density at radius 1 is 0.698 bits per heavy atom. The summed E-state index contributed by atoms with van der Waals surface area (Å²) < 4.78 is 4.37. The molecule has 7 N–H and O–H groups in total. The summed E-state index contributed by atoms with van der Waals surface area (Å²) in [4.78, 5) is 13.0. The largest absolute Gasteiger partial charge is 1.00 e. The summed E-state index contributed by atoms with van der Waals surface area (Å²) in [6, 6.07) is 25.0. The van der Waals surface area contributed by atoms with E-state index in [1.165, 1.54) is 0 Å². The van der Waals surface area contributed by atoms with Gasteiger partial charge in [0.25, 0.3) is 5.91 Å². The van der Waals surface area contributed by atoms with Crippen molar-refractivity contribution in [2.75, 3.05) is 27.4 Å². The predicted octanol–water partition coefficient (Wildman–Crippen LogP) is 0.147. The van der Waals surface area contributed by atoms with Crippen LogP contribution in [0.25, 0.3) is 10.9 Å². The van der Waals surface area contributed by atoms with Gasteiger partial charge < -0.3 is 75.4 Å². The number of carbonyl (C=O) groups is 1. The highest BCUT2D eigenvalue weighted by Crippen LogP contribution is 2.28. The van der Waals surface area contributed by atoms with E-state index in [0.717, 1.165) is 59.6 Å². The van der Waals surface area contributed by atoms with E-state index in [-0.39, 0.29) is 53.9 Å². The number of aromatic nitrogens is 2. The van der Waals surface area contributed by atoms with Crippen LogP contribution >= 0.6 is 0 Å². The molecule has 5 aromatic rings. The fraction of sp³-hybridized carbons (Fsp3) is 0.182. The number of carbonyl (C=O) groups excluding carboxylic acids is 1. The first-order valence-corrected chi connectivity index (χ1v) is 14.0. The van der Waals surface area contributed by atoms with Crippen molar-refractivity contribution in [3.8, 4) is 0 Å². The summed E-state index contributed by atoms with van der Waals surface area (Å²) in [5.74, 6) is -0.231. The lowest BCUT2D eigenvalue weighted by Gasteiger charge is -2.13. The van der Waals surface area contributed by atoms with Crippen LogP contribution in [-0.4, -0.2) is 5.91 Å². The molecule has 0 atom stereocenters. The summed E-state index contributed by atoms with van der Waals surface area (Å²) in [6.45, 7) is 6.23. The monoisotopic (exact) mass is 801 g/mol. The van der Waals surface area contributed by atoms with Crippen LogP contribution in [0.2, 0.25) is 0 Å². The molecule has 5 rings (SSSR count). The van der Waals surface area contributed by atoms with Gasteiger partial charge in [0.1, 0.15) is 13.1 Å². The van der Waals surface area contributed by atoms with Crippen molar-refractivity contribution in [1.82, 2.24) is 0 Å². The molecule has 0 saturated carbocycles. The van der Waals surface area contributed by atoms with Crippen molar-refractivity contribution in [3.05, 3.63) is 103 Å². The molecule has 0 saturated heterocycles. The first kappa shape index (κ1) is 33.8. The highest BCUT2D eigenvalue weighted by atomic mass is 127. The van der Waals surface area contributed by atoms with Crippen LogP contribution in [0.5, 0.6) is 0 Å². The molecule has 3 aromatic carbocycles. The second kappa shape index (κ2) is 15.7. The first-order valence-electron chi connectivity index (χ1n) is 14.0. The number of pyridine rings is 2. The number of aryl methyl sites for hydroxylation is 2. The van der Waals surface area contributed by atoms with Crippen LogP contribution in [0, 0.1) is 0 Å². The van der Waals surface area contributed by atoms with Gasteiger partial charge in [-0.3, -0.25) is 4.79 Å². The minimum Gasteiger partial charge on any atom is -1.00 e. The highest BCUT2D eigenvalue weighted by Gasteiger charge is 2.14. The number of hydrogen-bond acceptors (Lipinski definition) is 5. The molecule has 2 heterocycles. The lowest BCUT2D eigenvalue weighted by molar-refractivity contribution is -0.696. The van der Waals surface area contributed by atoms with E-state index in [4.69, 9.17) is 11.5 Å². The average molecular weight is 802 g/mol. The third kappa shape index (κ3) is 8.47. The van der Waals surface area contributed by atoms with Crippen LogP contribution < -0.4 is 84.5 Å². The van der Waals surface area contributed by atoms with Crippen LogP contribution in [0.1, 0.15) is 37.0 Å². The molecule has 0 radical (unpaired) electrons. The molecular weight excluding hydrogens is 764 g/mol. The van der Waals surface area contributed by atoms with Crippen LogP contribution in [0.15, 0.2) is 97.5 Å². The van der Waals surface area contributed by atoms with Gasteiger partial charge in [-0.1, -0.05) is 13.8 Å². The molecule has 43 heavy (non-hydrogen) atoms. The standard InChI is InChI=1S/C33H35N7O.2HI/c1-3-16-39-18-13-26(14-19-39)36-27-10-11-31(29(35)22-27)38-33(41)23-5-8-25(9-6-23)37-30-15-20-40(17-4-2)32-12-7-24(34)21-28(30)32;;/h5-15,18-22H,3-4,16-17,34-35H2,1-2H3,(H,38,41);2*1H. The topological polar surface area (TPSA) is 113 Å². The Bertz CT molecular complexity index is 1680. The van der Waals surface area contributed by atoms with E-state index in [0.29, 0.717) is 22.6 Å². The van der Waals surface area contributed by atoms with E-state index in [1.54, 1.807) is 12.1 Å². The van der Waals surface area contributed by atoms with Gasteiger partial charge in [-0.05, 0) is 54.6 Å². The molecule has 0 aliphatic rings. The molecule has 2 aromatic heterocycles. The van der Waals surface area contributed by atoms with Crippen LogP contribution in [0.3, 0.4) is 0 Å². The molecule has 10 heteroatoms. The van der Waals surface area contributed by atoms with Crippen molar-refractivity contribution in [1.29, 1.82) is 0 Å². The lowest BCUT2D eigenvalue weighted by atomic mass is 10.1. The number of amides is 1. The maximum Gasteiger partial charge on any atom is 0.255 e. The molecule has 0 fully saturated rings. The maximum atomic E-state index is 13.0. The average Bonchev–Trinajstić information content (AvgIpc) is 2.97. The van der Waals surface area contributed by atoms with Gasteiger partial charge in [0.05, 0.1) is 28.1 Å². The summed E-state index contributed by atoms with van der Waals surface area (Å²) in [6.07, 6.45) is 8.30.